The van der Waals surface area contributed by atoms with Gasteiger partial charge in [-0.2, -0.15) is 0 Å². The van der Waals surface area contributed by atoms with Gasteiger partial charge in [0.1, 0.15) is 0 Å². The Bertz CT molecular complexity index is 654. The number of aromatic nitrogens is 2. The van der Waals surface area contributed by atoms with E-state index in [1.165, 1.54) is 13.0 Å². The van der Waals surface area contributed by atoms with Crippen molar-refractivity contribution in [3.63, 3.8) is 0 Å². The molecule has 1 amide bonds. The van der Waals surface area contributed by atoms with Crippen LogP contribution in [0.5, 0.6) is 0 Å². The lowest BCUT2D eigenvalue weighted by Crippen LogP contribution is -2.21. The fourth-order valence-corrected chi connectivity index (χ4v) is 1.88. The molecule has 1 aromatic carbocycles. The van der Waals surface area contributed by atoms with Crippen molar-refractivity contribution in [2.24, 2.45) is 0 Å². The first-order valence-corrected chi connectivity index (χ1v) is 6.47. The molecule has 2 rings (SSSR count). The van der Waals surface area contributed by atoms with Crippen LogP contribution in [-0.2, 0) is 4.79 Å². The molecule has 112 valence electrons. The minimum absolute atomic E-state index is 0.0475. The number of benzene rings is 1. The Morgan fingerprint density at radius 2 is 2.00 bits per heavy atom. The number of nitrogens with one attached hydrogen (secondary N) is 2. The summed E-state index contributed by atoms with van der Waals surface area (Å²) in [6, 6.07) is 2.95. The quantitative estimate of drug-likeness (QED) is 0.450. The molecule has 21 heavy (non-hydrogen) atoms. The van der Waals surface area contributed by atoms with Crippen LogP contribution in [0.4, 0.5) is 11.4 Å². The van der Waals surface area contributed by atoms with Crippen molar-refractivity contribution in [1.29, 1.82) is 0 Å². The van der Waals surface area contributed by atoms with Gasteiger partial charge in [0.15, 0.2) is 5.52 Å². The van der Waals surface area contributed by atoms with E-state index >= 15 is 0 Å². The minimum atomic E-state index is -0.524. The lowest BCUT2D eigenvalue weighted by molar-refractivity contribution is -0.383. The van der Waals surface area contributed by atoms with Crippen LogP contribution in [0.15, 0.2) is 16.8 Å². The zero-order valence-corrected chi connectivity index (χ0v) is 11.5. The summed E-state index contributed by atoms with van der Waals surface area (Å²) in [6.07, 6.45) is 1.67. The average Bonchev–Trinajstić information content (AvgIpc) is 2.91. The van der Waals surface area contributed by atoms with Crippen molar-refractivity contribution in [3.8, 4) is 0 Å². The number of fused-ring (bicyclic) bond motifs is 1. The third kappa shape index (κ3) is 3.65. The highest BCUT2D eigenvalue weighted by Gasteiger charge is 2.19. The highest BCUT2D eigenvalue weighted by atomic mass is 16.6. The normalized spacial score (nSPS) is 10.5. The summed E-state index contributed by atoms with van der Waals surface area (Å²) in [7, 11) is 0. The number of unbranched alkanes of at least 4 members (excludes halogenated alkanes) is 1. The van der Waals surface area contributed by atoms with Gasteiger partial charge in [0.25, 0.3) is 0 Å². The van der Waals surface area contributed by atoms with E-state index in [0.717, 1.165) is 12.8 Å². The van der Waals surface area contributed by atoms with Gasteiger partial charge in [0.2, 0.25) is 11.4 Å². The first kappa shape index (κ1) is 14.7. The molecular weight excluding hydrogens is 278 g/mol. The predicted molar refractivity (Wildman–Crippen MR) is 74.9 cm³/mol. The van der Waals surface area contributed by atoms with Crippen molar-refractivity contribution in [2.45, 2.75) is 19.8 Å². The molecule has 2 N–H and O–H groups in total. The van der Waals surface area contributed by atoms with Gasteiger partial charge in [0.05, 0.1) is 10.6 Å². The molecule has 2 aromatic rings. The van der Waals surface area contributed by atoms with E-state index in [1.807, 2.05) is 0 Å². The van der Waals surface area contributed by atoms with Crippen molar-refractivity contribution in [2.75, 3.05) is 18.4 Å². The number of non-ortho nitro benzene ring substituents is 1. The number of nitrogens with zero attached hydrogens (tertiary/aromatic N) is 3. The third-order valence-electron chi connectivity index (χ3n) is 2.88. The first-order chi connectivity index (χ1) is 10.1. The molecule has 0 saturated carbocycles. The molecule has 0 saturated heterocycles. The molecule has 9 heteroatoms. The molecule has 0 aliphatic heterocycles. The predicted octanol–water partition coefficient (Wildman–Crippen LogP) is 1.46. The van der Waals surface area contributed by atoms with Gasteiger partial charge in [-0.25, -0.2) is 4.63 Å². The van der Waals surface area contributed by atoms with E-state index in [0.29, 0.717) is 24.3 Å². The Labute approximate surface area is 119 Å². The topological polar surface area (TPSA) is 123 Å². The van der Waals surface area contributed by atoms with Crippen molar-refractivity contribution >= 4 is 28.3 Å². The fourth-order valence-electron chi connectivity index (χ4n) is 1.88. The van der Waals surface area contributed by atoms with Crippen LogP contribution in [-0.4, -0.2) is 34.2 Å². The molecular formula is C12H15N5O4. The van der Waals surface area contributed by atoms with Gasteiger partial charge in [-0.05, 0) is 29.2 Å². The number of nitro benzene ring substituents is 1. The Balaban J connectivity index is 1.94. The molecule has 1 heterocycles. The summed E-state index contributed by atoms with van der Waals surface area (Å²) in [4.78, 5) is 21.0. The maximum atomic E-state index is 10.9. The Morgan fingerprint density at radius 3 is 2.71 bits per heavy atom. The molecule has 0 atom stereocenters. The molecule has 9 nitrogen and oxygen atoms in total. The van der Waals surface area contributed by atoms with E-state index in [9.17, 15) is 14.9 Å². The number of amides is 1. The summed E-state index contributed by atoms with van der Waals surface area (Å²) in [6.45, 7) is 2.75. The molecule has 0 fully saturated rings. The lowest BCUT2D eigenvalue weighted by atomic mass is 10.2. The van der Waals surface area contributed by atoms with E-state index in [1.54, 1.807) is 6.07 Å². The number of hydrogen-bond acceptors (Lipinski definition) is 7. The van der Waals surface area contributed by atoms with Crippen LogP contribution in [0, 0.1) is 10.1 Å². The van der Waals surface area contributed by atoms with E-state index in [-0.39, 0.29) is 17.1 Å². The zero-order valence-electron chi connectivity index (χ0n) is 11.5. The Morgan fingerprint density at radius 1 is 1.29 bits per heavy atom. The average molecular weight is 293 g/mol. The second-order valence-electron chi connectivity index (χ2n) is 4.47. The molecule has 0 unspecified atom stereocenters. The van der Waals surface area contributed by atoms with E-state index in [4.69, 9.17) is 0 Å². The third-order valence-corrected chi connectivity index (χ3v) is 2.88. The maximum Gasteiger partial charge on any atom is 0.300 e. The second kappa shape index (κ2) is 6.64. The van der Waals surface area contributed by atoms with Gasteiger partial charge < -0.3 is 10.6 Å². The molecule has 0 bridgehead atoms. The Kier molecular flexibility index (Phi) is 4.64. The minimum Gasteiger partial charge on any atom is -0.383 e. The summed E-state index contributed by atoms with van der Waals surface area (Å²) in [5.41, 5.74) is 0.966. The number of nitro groups is 1. The van der Waals surface area contributed by atoms with Gasteiger partial charge >= 0.3 is 5.69 Å². The summed E-state index contributed by atoms with van der Waals surface area (Å²) >= 11 is 0. The van der Waals surface area contributed by atoms with Gasteiger partial charge in [-0.15, -0.1) is 0 Å². The maximum absolute atomic E-state index is 10.9. The van der Waals surface area contributed by atoms with E-state index < -0.39 is 4.92 Å². The number of carbonyl (C=O) groups is 1. The number of anilines is 1. The van der Waals surface area contributed by atoms with Gasteiger partial charge in [0, 0.05) is 26.1 Å². The van der Waals surface area contributed by atoms with Crippen LogP contribution in [0.25, 0.3) is 11.0 Å². The highest BCUT2D eigenvalue weighted by Crippen LogP contribution is 2.28. The van der Waals surface area contributed by atoms with Crippen LogP contribution in [0.2, 0.25) is 0 Å². The molecule has 0 spiro atoms. The van der Waals surface area contributed by atoms with Crippen LogP contribution >= 0.6 is 0 Å². The highest BCUT2D eigenvalue weighted by molar-refractivity contribution is 5.93. The fraction of sp³-hybridized carbons (Fsp3) is 0.417. The summed E-state index contributed by atoms with van der Waals surface area (Å²) in [5, 5.41) is 23.9. The van der Waals surface area contributed by atoms with Gasteiger partial charge in [-0.1, -0.05) is 0 Å². The Hall–Kier alpha value is -2.71. The van der Waals surface area contributed by atoms with Crippen LogP contribution in [0.1, 0.15) is 19.8 Å². The SMILES string of the molecule is CC(=O)NCCCCNc1ccc([N+](=O)[O-])c2nonc12. The molecule has 0 aliphatic rings. The largest absolute Gasteiger partial charge is 0.383 e. The van der Waals surface area contributed by atoms with Crippen molar-refractivity contribution < 1.29 is 14.3 Å². The zero-order chi connectivity index (χ0) is 15.2. The van der Waals surface area contributed by atoms with E-state index in [2.05, 4.69) is 25.6 Å². The number of hydrogen-bond donors (Lipinski definition) is 2. The van der Waals surface area contributed by atoms with Crippen LogP contribution < -0.4 is 10.6 Å². The summed E-state index contributed by atoms with van der Waals surface area (Å²) in [5.74, 6) is -0.0475. The van der Waals surface area contributed by atoms with Crippen molar-refractivity contribution in [1.82, 2.24) is 15.6 Å². The molecule has 0 aliphatic carbocycles. The lowest BCUT2D eigenvalue weighted by Gasteiger charge is -2.06. The number of rotatable bonds is 7. The summed E-state index contributed by atoms with van der Waals surface area (Å²) < 4.78 is 4.58. The monoisotopic (exact) mass is 293 g/mol. The molecule has 1 aromatic heterocycles. The van der Waals surface area contributed by atoms with Crippen LogP contribution in [0.3, 0.4) is 0 Å². The van der Waals surface area contributed by atoms with Crippen molar-refractivity contribution in [3.05, 3.63) is 22.2 Å². The first-order valence-electron chi connectivity index (χ1n) is 6.47. The molecule has 0 radical (unpaired) electrons. The number of carbonyl (C=O) groups excluding carboxylic acids is 1. The van der Waals surface area contributed by atoms with Gasteiger partial charge in [-0.3, -0.25) is 14.9 Å². The standard InChI is InChI=1S/C12H15N5O4/c1-8(18)13-6-2-3-7-14-9-4-5-10(17(19)20)12-11(9)15-21-16-12/h4-5,14H,2-3,6-7H2,1H3,(H,13,18). The smallest absolute Gasteiger partial charge is 0.300 e. The second-order valence-corrected chi connectivity index (χ2v) is 4.47.